The van der Waals surface area contributed by atoms with Crippen molar-refractivity contribution >= 4 is 34.8 Å². The Balaban J connectivity index is 1.85. The zero-order valence-corrected chi connectivity index (χ0v) is 14.5. The van der Waals surface area contributed by atoms with Gasteiger partial charge in [0.15, 0.2) is 0 Å². The summed E-state index contributed by atoms with van der Waals surface area (Å²) < 4.78 is 5.27. The summed E-state index contributed by atoms with van der Waals surface area (Å²) in [6, 6.07) is 6.79. The van der Waals surface area contributed by atoms with Crippen LogP contribution in [0, 0.1) is 11.3 Å². The van der Waals surface area contributed by atoms with Crippen LogP contribution in [0.4, 0.5) is 5.69 Å². The van der Waals surface area contributed by atoms with E-state index in [9.17, 15) is 4.79 Å². The molecule has 1 aliphatic heterocycles. The molecule has 0 aliphatic carbocycles. The highest BCUT2D eigenvalue weighted by Gasteiger charge is 2.12. The van der Waals surface area contributed by atoms with E-state index in [1.54, 1.807) is 18.2 Å². The highest BCUT2D eigenvalue weighted by molar-refractivity contribution is 6.36. The number of carbonyl (C=O) groups excluding carboxylic acids is 1. The number of rotatable bonds is 6. The van der Waals surface area contributed by atoms with Crippen LogP contribution in [0.1, 0.15) is 0 Å². The van der Waals surface area contributed by atoms with Gasteiger partial charge >= 0.3 is 0 Å². The highest BCUT2D eigenvalue weighted by Crippen LogP contribution is 2.25. The first-order valence-electron chi connectivity index (χ1n) is 7.50. The smallest absolute Gasteiger partial charge is 0.263 e. The lowest BCUT2D eigenvalue weighted by Crippen LogP contribution is -2.41. The zero-order chi connectivity index (χ0) is 17.4. The predicted octanol–water partition coefficient (Wildman–Crippen LogP) is 2.26. The lowest BCUT2D eigenvalue weighted by Gasteiger charge is -2.26. The average Bonchev–Trinajstić information content (AvgIpc) is 2.58. The number of carbonyl (C=O) groups is 1. The molecule has 6 nitrogen and oxygen atoms in total. The summed E-state index contributed by atoms with van der Waals surface area (Å²) in [5.74, 6) is -0.427. The molecule has 1 heterocycles. The van der Waals surface area contributed by atoms with Crippen LogP contribution in [0.3, 0.4) is 0 Å². The Labute approximate surface area is 151 Å². The molecular weight excluding hydrogens is 351 g/mol. The van der Waals surface area contributed by atoms with Gasteiger partial charge in [0, 0.05) is 37.4 Å². The van der Waals surface area contributed by atoms with Crippen molar-refractivity contribution in [1.29, 1.82) is 5.26 Å². The normalized spacial score (nSPS) is 15.6. The summed E-state index contributed by atoms with van der Waals surface area (Å²) >= 11 is 11.9. The predicted molar refractivity (Wildman–Crippen MR) is 94.0 cm³/mol. The van der Waals surface area contributed by atoms with Crippen molar-refractivity contribution in [3.63, 3.8) is 0 Å². The van der Waals surface area contributed by atoms with Gasteiger partial charge < -0.3 is 15.4 Å². The van der Waals surface area contributed by atoms with Gasteiger partial charge in [0.1, 0.15) is 11.6 Å². The van der Waals surface area contributed by atoms with Crippen molar-refractivity contribution in [3.8, 4) is 6.07 Å². The number of halogens is 2. The van der Waals surface area contributed by atoms with Gasteiger partial charge in [-0.25, -0.2) is 0 Å². The zero-order valence-electron chi connectivity index (χ0n) is 13.0. The van der Waals surface area contributed by atoms with Crippen molar-refractivity contribution in [2.45, 2.75) is 0 Å². The van der Waals surface area contributed by atoms with Gasteiger partial charge in [0.2, 0.25) is 0 Å². The summed E-state index contributed by atoms with van der Waals surface area (Å²) in [4.78, 5) is 14.2. The molecule has 0 saturated carbocycles. The molecule has 0 bridgehead atoms. The number of hydrogen-bond donors (Lipinski definition) is 2. The molecule has 8 heteroatoms. The van der Waals surface area contributed by atoms with Crippen LogP contribution >= 0.6 is 23.2 Å². The lowest BCUT2D eigenvalue weighted by molar-refractivity contribution is -0.117. The van der Waals surface area contributed by atoms with Gasteiger partial charge in [-0.15, -0.1) is 0 Å². The number of amides is 1. The molecule has 1 aromatic rings. The lowest BCUT2D eigenvalue weighted by atomic mass is 10.2. The van der Waals surface area contributed by atoms with E-state index in [4.69, 9.17) is 33.2 Å². The van der Waals surface area contributed by atoms with Crippen molar-refractivity contribution in [2.75, 3.05) is 44.7 Å². The van der Waals surface area contributed by atoms with Gasteiger partial charge in [0.05, 0.1) is 23.9 Å². The Bertz CT molecular complexity index is 652. The molecule has 2 N–H and O–H groups in total. The average molecular weight is 369 g/mol. The first-order chi connectivity index (χ1) is 11.6. The molecule has 2 rings (SSSR count). The molecule has 1 aromatic carbocycles. The molecule has 24 heavy (non-hydrogen) atoms. The fourth-order valence-electron chi connectivity index (χ4n) is 2.15. The molecule has 1 aliphatic rings. The first kappa shape index (κ1) is 18.6. The molecule has 128 valence electrons. The number of benzene rings is 1. The topological polar surface area (TPSA) is 77.4 Å². The van der Waals surface area contributed by atoms with Crippen LogP contribution in [0.5, 0.6) is 0 Å². The van der Waals surface area contributed by atoms with E-state index < -0.39 is 5.91 Å². The van der Waals surface area contributed by atoms with Crippen molar-refractivity contribution < 1.29 is 9.53 Å². The number of nitrogens with zero attached hydrogens (tertiary/aromatic N) is 2. The maximum Gasteiger partial charge on any atom is 0.263 e. The van der Waals surface area contributed by atoms with Gasteiger partial charge in [0.25, 0.3) is 5.91 Å². The molecule has 0 radical (unpaired) electrons. The van der Waals surface area contributed by atoms with E-state index in [0.717, 1.165) is 19.6 Å². The monoisotopic (exact) mass is 368 g/mol. The maximum atomic E-state index is 12.0. The summed E-state index contributed by atoms with van der Waals surface area (Å²) in [6.45, 7) is 4.33. The van der Waals surface area contributed by atoms with E-state index >= 15 is 0 Å². The van der Waals surface area contributed by atoms with Crippen molar-refractivity contribution in [3.05, 3.63) is 40.0 Å². The minimum absolute atomic E-state index is 0.0250. The maximum absolute atomic E-state index is 12.0. The largest absolute Gasteiger partial charge is 0.379 e. The standard InChI is InChI=1S/C16H18Cl2N4O2/c17-13-1-2-15(14(18)9-13)21-11-12(10-19)16(23)20-3-4-22-5-7-24-8-6-22/h1-2,9,11,21H,3-8H2,(H,20,23)/b12-11-. The van der Waals surface area contributed by atoms with Crippen LogP contribution in [0.25, 0.3) is 0 Å². The summed E-state index contributed by atoms with van der Waals surface area (Å²) in [7, 11) is 0. The second-order valence-corrected chi connectivity index (χ2v) is 5.99. The third-order valence-electron chi connectivity index (χ3n) is 3.49. The second-order valence-electron chi connectivity index (χ2n) is 5.15. The number of hydrogen-bond acceptors (Lipinski definition) is 5. The van der Waals surface area contributed by atoms with Crippen LogP contribution in [-0.2, 0) is 9.53 Å². The molecular formula is C16H18Cl2N4O2. The van der Waals surface area contributed by atoms with Crippen molar-refractivity contribution in [1.82, 2.24) is 10.2 Å². The van der Waals surface area contributed by atoms with Crippen LogP contribution in [0.2, 0.25) is 10.0 Å². The van der Waals surface area contributed by atoms with Gasteiger partial charge in [-0.2, -0.15) is 5.26 Å². The fraction of sp³-hybridized carbons (Fsp3) is 0.375. The number of nitriles is 1. The third-order valence-corrected chi connectivity index (χ3v) is 4.03. The Morgan fingerprint density at radius 3 is 2.79 bits per heavy atom. The Hall–Kier alpha value is -1.78. The van der Waals surface area contributed by atoms with E-state index in [0.29, 0.717) is 35.5 Å². The quantitative estimate of drug-likeness (QED) is 0.594. The molecule has 1 fully saturated rings. The van der Waals surface area contributed by atoms with Gasteiger partial charge in [-0.1, -0.05) is 23.2 Å². The minimum atomic E-state index is -0.427. The summed E-state index contributed by atoms with van der Waals surface area (Å²) in [6.07, 6.45) is 1.33. The first-order valence-corrected chi connectivity index (χ1v) is 8.26. The van der Waals surface area contributed by atoms with Crippen LogP contribution in [-0.4, -0.2) is 50.2 Å². The third kappa shape index (κ3) is 5.69. The highest BCUT2D eigenvalue weighted by atomic mass is 35.5. The molecule has 1 amide bonds. The van der Waals surface area contributed by atoms with Gasteiger partial charge in [-0.05, 0) is 18.2 Å². The minimum Gasteiger partial charge on any atom is -0.379 e. The van der Waals surface area contributed by atoms with E-state index in [1.807, 2.05) is 6.07 Å². The van der Waals surface area contributed by atoms with E-state index in [2.05, 4.69) is 15.5 Å². The van der Waals surface area contributed by atoms with E-state index in [1.165, 1.54) is 6.20 Å². The molecule has 0 spiro atoms. The molecule has 1 saturated heterocycles. The fourth-order valence-corrected chi connectivity index (χ4v) is 2.62. The SMILES string of the molecule is N#C/C(=C/Nc1ccc(Cl)cc1Cl)C(=O)NCCN1CCOCC1. The van der Waals surface area contributed by atoms with E-state index in [-0.39, 0.29) is 5.57 Å². The van der Waals surface area contributed by atoms with Crippen LogP contribution < -0.4 is 10.6 Å². The number of anilines is 1. The Morgan fingerprint density at radius 2 is 2.12 bits per heavy atom. The molecule has 0 aromatic heterocycles. The Kier molecular flexibility index (Phi) is 7.35. The molecule has 0 atom stereocenters. The van der Waals surface area contributed by atoms with Crippen molar-refractivity contribution in [2.24, 2.45) is 0 Å². The van der Waals surface area contributed by atoms with Crippen LogP contribution in [0.15, 0.2) is 30.0 Å². The number of ether oxygens (including phenoxy) is 1. The Morgan fingerprint density at radius 1 is 1.38 bits per heavy atom. The summed E-state index contributed by atoms with van der Waals surface area (Å²) in [5.41, 5.74) is 0.540. The summed E-state index contributed by atoms with van der Waals surface area (Å²) in [5, 5.41) is 15.6. The number of morpholine rings is 1. The van der Waals surface area contributed by atoms with Gasteiger partial charge in [-0.3, -0.25) is 9.69 Å². The second kappa shape index (κ2) is 9.50. The number of nitrogens with one attached hydrogen (secondary N) is 2. The molecule has 0 unspecified atom stereocenters.